The predicted octanol–water partition coefficient (Wildman–Crippen LogP) is 4.52. The van der Waals surface area contributed by atoms with E-state index < -0.39 is 0 Å². The van der Waals surface area contributed by atoms with E-state index in [9.17, 15) is 4.79 Å². The normalized spacial score (nSPS) is 10.7. The van der Waals surface area contributed by atoms with Gasteiger partial charge in [0.05, 0.1) is 27.1 Å². The molecular formula is C25H32N4O4S. The van der Waals surface area contributed by atoms with Crippen LogP contribution in [0.3, 0.4) is 0 Å². The van der Waals surface area contributed by atoms with E-state index in [1.165, 1.54) is 11.8 Å². The molecule has 34 heavy (non-hydrogen) atoms. The highest BCUT2D eigenvalue weighted by Crippen LogP contribution is 2.29. The molecule has 0 aliphatic rings. The summed E-state index contributed by atoms with van der Waals surface area (Å²) in [7, 11) is 6.64. The van der Waals surface area contributed by atoms with Gasteiger partial charge in [-0.2, -0.15) is 0 Å². The Bertz CT molecular complexity index is 1090. The van der Waals surface area contributed by atoms with Crippen LogP contribution in [0.25, 0.3) is 11.4 Å². The zero-order valence-corrected chi connectivity index (χ0v) is 21.2. The number of benzene rings is 2. The summed E-state index contributed by atoms with van der Waals surface area (Å²) >= 11 is 1.41. The number of amides is 1. The Kier molecular flexibility index (Phi) is 9.21. The van der Waals surface area contributed by atoms with Gasteiger partial charge in [-0.25, -0.2) is 0 Å². The van der Waals surface area contributed by atoms with Gasteiger partial charge in [0, 0.05) is 25.7 Å². The topological polar surface area (TPSA) is 78.7 Å². The van der Waals surface area contributed by atoms with Crippen molar-refractivity contribution in [2.45, 2.75) is 38.0 Å². The highest BCUT2D eigenvalue weighted by Gasteiger charge is 2.17. The summed E-state index contributed by atoms with van der Waals surface area (Å²) in [6.45, 7) is 3.42. The first kappa shape index (κ1) is 25.4. The van der Waals surface area contributed by atoms with Crippen molar-refractivity contribution in [1.82, 2.24) is 19.7 Å². The third kappa shape index (κ3) is 6.22. The monoisotopic (exact) mass is 484 g/mol. The molecule has 3 aromatic rings. The molecule has 2 aromatic carbocycles. The fourth-order valence-electron chi connectivity index (χ4n) is 3.44. The summed E-state index contributed by atoms with van der Waals surface area (Å²) in [5, 5.41) is 9.55. The first-order valence-electron chi connectivity index (χ1n) is 11.2. The Balaban J connectivity index is 1.68. The number of aromatic nitrogens is 3. The van der Waals surface area contributed by atoms with Crippen LogP contribution in [-0.4, -0.2) is 59.7 Å². The molecule has 0 N–H and O–H groups in total. The maximum absolute atomic E-state index is 12.8. The molecule has 0 radical (unpaired) electrons. The molecule has 0 bridgehead atoms. The molecule has 9 heteroatoms. The average molecular weight is 485 g/mol. The molecule has 0 atom stereocenters. The maximum atomic E-state index is 12.8. The smallest absolute Gasteiger partial charge is 0.233 e. The van der Waals surface area contributed by atoms with Crippen LogP contribution in [0.5, 0.6) is 17.2 Å². The summed E-state index contributed by atoms with van der Waals surface area (Å²) < 4.78 is 18.0. The van der Waals surface area contributed by atoms with Gasteiger partial charge >= 0.3 is 0 Å². The lowest BCUT2D eigenvalue weighted by Gasteiger charge is -2.18. The first-order valence-corrected chi connectivity index (χ1v) is 12.1. The fraction of sp³-hybridized carbons (Fsp3) is 0.400. The largest absolute Gasteiger partial charge is 0.497 e. The van der Waals surface area contributed by atoms with E-state index in [4.69, 9.17) is 14.2 Å². The molecule has 0 fully saturated rings. The van der Waals surface area contributed by atoms with Crippen LogP contribution in [0.15, 0.2) is 47.6 Å². The number of hydrogen-bond acceptors (Lipinski definition) is 7. The predicted molar refractivity (Wildman–Crippen MR) is 134 cm³/mol. The van der Waals surface area contributed by atoms with Gasteiger partial charge < -0.3 is 23.7 Å². The van der Waals surface area contributed by atoms with Gasteiger partial charge in [-0.1, -0.05) is 31.2 Å². The van der Waals surface area contributed by atoms with Gasteiger partial charge in [0.25, 0.3) is 0 Å². The van der Waals surface area contributed by atoms with Crippen molar-refractivity contribution in [3.8, 4) is 28.6 Å². The molecule has 0 saturated carbocycles. The molecule has 8 nitrogen and oxygen atoms in total. The van der Waals surface area contributed by atoms with E-state index in [0.29, 0.717) is 18.0 Å². The van der Waals surface area contributed by atoms with Gasteiger partial charge in [0.1, 0.15) is 5.75 Å². The lowest BCUT2D eigenvalue weighted by Crippen LogP contribution is -2.28. The van der Waals surface area contributed by atoms with E-state index in [0.717, 1.165) is 47.2 Å². The fourth-order valence-corrected chi connectivity index (χ4v) is 4.35. The second-order valence-electron chi connectivity index (χ2n) is 7.77. The molecule has 1 aromatic heterocycles. The molecule has 1 heterocycles. The zero-order chi connectivity index (χ0) is 24.5. The molecular weight excluding hydrogens is 452 g/mol. The molecule has 0 aliphatic carbocycles. The second kappa shape index (κ2) is 12.3. The second-order valence-corrected chi connectivity index (χ2v) is 8.71. The number of carbonyl (C=O) groups excluding carboxylic acids is 1. The van der Waals surface area contributed by atoms with Crippen LogP contribution in [0, 0.1) is 0 Å². The average Bonchev–Trinajstić information content (AvgIpc) is 3.28. The number of carbonyl (C=O) groups is 1. The lowest BCUT2D eigenvalue weighted by atomic mass is 10.2. The molecule has 1 amide bonds. The van der Waals surface area contributed by atoms with Crippen LogP contribution >= 0.6 is 11.8 Å². The SMILES string of the molecule is CCCCn1c(SCC(=O)N(C)Cc2ccc(OC)c(OC)c2)nnc1-c1ccc(OC)cc1. The highest BCUT2D eigenvalue weighted by atomic mass is 32.2. The van der Waals surface area contributed by atoms with Crippen LogP contribution in [0.4, 0.5) is 0 Å². The number of unbranched alkanes of at least 4 members (excludes halogenated alkanes) is 1. The standard InChI is InChI=1S/C25H32N4O4S/c1-6-7-14-29-24(19-9-11-20(31-3)12-10-19)26-27-25(29)34-17-23(30)28(2)16-18-8-13-21(32-4)22(15-18)33-5/h8-13,15H,6-7,14,16-17H2,1-5H3. The summed E-state index contributed by atoms with van der Waals surface area (Å²) in [5.41, 5.74) is 1.93. The van der Waals surface area contributed by atoms with Gasteiger partial charge in [-0.15, -0.1) is 10.2 Å². The van der Waals surface area contributed by atoms with E-state index in [2.05, 4.69) is 21.7 Å². The van der Waals surface area contributed by atoms with Crippen molar-refractivity contribution in [2.24, 2.45) is 0 Å². The lowest BCUT2D eigenvalue weighted by molar-refractivity contribution is -0.127. The van der Waals surface area contributed by atoms with E-state index in [-0.39, 0.29) is 11.7 Å². The van der Waals surface area contributed by atoms with Crippen molar-refractivity contribution in [2.75, 3.05) is 34.1 Å². The first-order chi connectivity index (χ1) is 16.5. The van der Waals surface area contributed by atoms with Gasteiger partial charge in [0.15, 0.2) is 22.5 Å². The summed E-state index contributed by atoms with van der Waals surface area (Å²) in [6, 6.07) is 13.4. The summed E-state index contributed by atoms with van der Waals surface area (Å²) in [6.07, 6.45) is 2.05. The summed E-state index contributed by atoms with van der Waals surface area (Å²) in [4.78, 5) is 14.5. The zero-order valence-electron chi connectivity index (χ0n) is 20.4. The van der Waals surface area contributed by atoms with Gasteiger partial charge in [0.2, 0.25) is 5.91 Å². The minimum Gasteiger partial charge on any atom is -0.497 e. The number of methoxy groups -OCH3 is 3. The third-order valence-electron chi connectivity index (χ3n) is 5.42. The number of thioether (sulfide) groups is 1. The van der Waals surface area contributed by atoms with Crippen LogP contribution < -0.4 is 14.2 Å². The van der Waals surface area contributed by atoms with Gasteiger partial charge in [-0.05, 0) is 48.4 Å². The van der Waals surface area contributed by atoms with E-state index in [1.807, 2.05) is 42.5 Å². The Morgan fingerprint density at radius 1 is 1.00 bits per heavy atom. The Labute approximate surface area is 205 Å². The van der Waals surface area contributed by atoms with Crippen molar-refractivity contribution < 1.29 is 19.0 Å². The Hall–Kier alpha value is -3.20. The van der Waals surface area contributed by atoms with Crippen LogP contribution in [0.2, 0.25) is 0 Å². The maximum Gasteiger partial charge on any atom is 0.233 e. The molecule has 0 aliphatic heterocycles. The molecule has 0 unspecified atom stereocenters. The Morgan fingerprint density at radius 2 is 1.74 bits per heavy atom. The van der Waals surface area contributed by atoms with Crippen molar-refractivity contribution in [3.05, 3.63) is 48.0 Å². The van der Waals surface area contributed by atoms with Gasteiger partial charge in [-0.3, -0.25) is 4.79 Å². The van der Waals surface area contributed by atoms with Crippen LogP contribution in [0.1, 0.15) is 25.3 Å². The van der Waals surface area contributed by atoms with Crippen molar-refractivity contribution >= 4 is 17.7 Å². The van der Waals surface area contributed by atoms with E-state index >= 15 is 0 Å². The number of hydrogen-bond donors (Lipinski definition) is 0. The third-order valence-corrected chi connectivity index (χ3v) is 6.37. The quantitative estimate of drug-likeness (QED) is 0.350. The summed E-state index contributed by atoms with van der Waals surface area (Å²) in [5.74, 6) is 3.18. The molecule has 182 valence electrons. The Morgan fingerprint density at radius 3 is 2.38 bits per heavy atom. The molecule has 0 spiro atoms. The molecule has 3 rings (SSSR count). The number of nitrogens with zero attached hydrogens (tertiary/aromatic N) is 4. The van der Waals surface area contributed by atoms with E-state index in [1.54, 1.807) is 33.3 Å². The van der Waals surface area contributed by atoms with Crippen LogP contribution in [-0.2, 0) is 17.9 Å². The van der Waals surface area contributed by atoms with Crippen molar-refractivity contribution in [3.63, 3.8) is 0 Å². The minimum atomic E-state index is 0.0100. The van der Waals surface area contributed by atoms with Crippen molar-refractivity contribution in [1.29, 1.82) is 0 Å². The minimum absolute atomic E-state index is 0.0100. The number of rotatable bonds is 12. The molecule has 0 saturated heterocycles. The highest BCUT2D eigenvalue weighted by molar-refractivity contribution is 7.99. The number of ether oxygens (including phenoxy) is 3.